The highest BCUT2D eigenvalue weighted by atomic mass is 19.1. The predicted octanol–water partition coefficient (Wildman–Crippen LogP) is 4.03. The number of ether oxygens (including phenoxy) is 1. The Hall–Kier alpha value is -2.11. The van der Waals surface area contributed by atoms with E-state index in [0.29, 0.717) is 12.5 Å². The van der Waals surface area contributed by atoms with Crippen LogP contribution in [0.1, 0.15) is 51.5 Å². The first-order valence-corrected chi connectivity index (χ1v) is 10.1. The number of carbonyl (C=O) groups is 2. The van der Waals surface area contributed by atoms with Crippen molar-refractivity contribution in [1.82, 2.24) is 9.80 Å². The van der Waals surface area contributed by atoms with Crippen LogP contribution in [0.5, 0.6) is 0 Å². The van der Waals surface area contributed by atoms with Crippen molar-refractivity contribution in [1.29, 1.82) is 0 Å². The van der Waals surface area contributed by atoms with E-state index in [-0.39, 0.29) is 29.7 Å². The minimum atomic E-state index is -0.496. The van der Waals surface area contributed by atoms with Crippen molar-refractivity contribution in [2.24, 2.45) is 11.8 Å². The Morgan fingerprint density at radius 1 is 1.25 bits per heavy atom. The van der Waals surface area contributed by atoms with Gasteiger partial charge in [-0.2, -0.15) is 0 Å². The van der Waals surface area contributed by atoms with Crippen LogP contribution < -0.4 is 0 Å². The molecule has 1 saturated carbocycles. The predicted molar refractivity (Wildman–Crippen MR) is 105 cm³/mol. The molecule has 1 aliphatic carbocycles. The molecule has 3 rings (SSSR count). The Morgan fingerprint density at radius 3 is 2.54 bits per heavy atom. The van der Waals surface area contributed by atoms with E-state index in [1.807, 2.05) is 31.7 Å². The maximum Gasteiger partial charge on any atom is 0.410 e. The Kier molecular flexibility index (Phi) is 5.96. The number of halogens is 1. The minimum Gasteiger partial charge on any atom is -0.444 e. The number of hydrogen-bond acceptors (Lipinski definition) is 3. The van der Waals surface area contributed by atoms with E-state index in [9.17, 15) is 14.0 Å². The van der Waals surface area contributed by atoms with Crippen LogP contribution in [-0.4, -0.2) is 54.1 Å². The Bertz CT molecular complexity index is 723. The number of carbonyl (C=O) groups excluding carboxylic acids is 2. The second kappa shape index (κ2) is 8.10. The van der Waals surface area contributed by atoms with Crippen LogP contribution >= 0.6 is 0 Å². The zero-order chi connectivity index (χ0) is 20.5. The van der Waals surface area contributed by atoms with Crippen LogP contribution in [0.2, 0.25) is 0 Å². The highest BCUT2D eigenvalue weighted by molar-refractivity contribution is 5.83. The molecule has 1 aliphatic heterocycles. The molecule has 0 radical (unpaired) electrons. The van der Waals surface area contributed by atoms with Crippen LogP contribution in [0.25, 0.3) is 0 Å². The standard InChI is InChI=1S/C22H31FN2O3/c1-22(2,3)28-21(27)24(4)14-15-8-10-25(11-9-15)20(26)19-13-18(19)16-6-5-7-17(23)12-16/h5-7,12,15,18-19H,8-11,13-14H2,1-4H3. The van der Waals surface area contributed by atoms with Gasteiger partial charge in [0.2, 0.25) is 5.91 Å². The van der Waals surface area contributed by atoms with Gasteiger partial charge in [-0.05, 0) is 69.6 Å². The lowest BCUT2D eigenvalue weighted by molar-refractivity contribution is -0.134. The van der Waals surface area contributed by atoms with Crippen molar-refractivity contribution in [3.63, 3.8) is 0 Å². The van der Waals surface area contributed by atoms with Gasteiger partial charge in [-0.3, -0.25) is 4.79 Å². The third-order valence-electron chi connectivity index (χ3n) is 5.55. The largest absolute Gasteiger partial charge is 0.444 e. The first-order chi connectivity index (χ1) is 13.1. The molecule has 2 fully saturated rings. The Morgan fingerprint density at radius 2 is 1.93 bits per heavy atom. The second-order valence-corrected chi connectivity index (χ2v) is 9.13. The fourth-order valence-corrected chi connectivity index (χ4v) is 3.95. The number of likely N-dealkylation sites (tertiary alicyclic amines) is 1. The van der Waals surface area contributed by atoms with Gasteiger partial charge < -0.3 is 14.5 Å². The fraction of sp³-hybridized carbons (Fsp3) is 0.636. The van der Waals surface area contributed by atoms with Crippen LogP contribution in [0.15, 0.2) is 24.3 Å². The summed E-state index contributed by atoms with van der Waals surface area (Å²) in [5.74, 6) is 0.459. The van der Waals surface area contributed by atoms with E-state index in [0.717, 1.165) is 37.9 Å². The van der Waals surface area contributed by atoms with Gasteiger partial charge in [-0.1, -0.05) is 12.1 Å². The highest BCUT2D eigenvalue weighted by Crippen LogP contribution is 2.48. The number of nitrogens with zero attached hydrogens (tertiary/aromatic N) is 2. The quantitative estimate of drug-likeness (QED) is 0.780. The van der Waals surface area contributed by atoms with Crippen molar-refractivity contribution >= 4 is 12.0 Å². The van der Waals surface area contributed by atoms with Crippen molar-refractivity contribution in [2.75, 3.05) is 26.7 Å². The lowest BCUT2D eigenvalue weighted by Gasteiger charge is -2.34. The number of amides is 2. The van der Waals surface area contributed by atoms with E-state index in [1.54, 1.807) is 18.0 Å². The number of piperidine rings is 1. The maximum absolute atomic E-state index is 13.4. The molecule has 5 nitrogen and oxygen atoms in total. The summed E-state index contributed by atoms with van der Waals surface area (Å²) in [6.45, 7) is 7.66. The summed E-state index contributed by atoms with van der Waals surface area (Å²) >= 11 is 0. The molecule has 0 aromatic heterocycles. The number of hydrogen-bond donors (Lipinski definition) is 0. The molecule has 2 atom stereocenters. The first-order valence-electron chi connectivity index (χ1n) is 10.1. The summed E-state index contributed by atoms with van der Waals surface area (Å²) in [6, 6.07) is 6.58. The molecule has 2 amide bonds. The first kappa shape index (κ1) is 20.6. The molecule has 1 saturated heterocycles. The maximum atomic E-state index is 13.4. The summed E-state index contributed by atoms with van der Waals surface area (Å²) in [6.07, 6.45) is 2.28. The molecule has 1 aromatic carbocycles. The van der Waals surface area contributed by atoms with Gasteiger partial charge >= 0.3 is 6.09 Å². The molecule has 0 bridgehead atoms. The van der Waals surface area contributed by atoms with Gasteiger partial charge in [0.25, 0.3) is 0 Å². The molecule has 2 aliphatic rings. The Balaban J connectivity index is 1.44. The van der Waals surface area contributed by atoms with Crippen molar-refractivity contribution in [3.05, 3.63) is 35.6 Å². The summed E-state index contributed by atoms with van der Waals surface area (Å²) in [4.78, 5) is 28.5. The molecule has 154 valence electrons. The van der Waals surface area contributed by atoms with Gasteiger partial charge in [0.1, 0.15) is 11.4 Å². The molecular formula is C22H31FN2O3. The highest BCUT2D eigenvalue weighted by Gasteiger charge is 2.46. The molecular weight excluding hydrogens is 359 g/mol. The lowest BCUT2D eigenvalue weighted by atomic mass is 9.96. The van der Waals surface area contributed by atoms with E-state index >= 15 is 0 Å². The molecule has 2 unspecified atom stereocenters. The number of benzene rings is 1. The van der Waals surface area contributed by atoms with Crippen LogP contribution in [0.3, 0.4) is 0 Å². The molecule has 6 heteroatoms. The Labute approximate surface area is 166 Å². The average Bonchev–Trinajstić information content (AvgIpc) is 3.41. The molecule has 0 spiro atoms. The normalized spacial score (nSPS) is 22.7. The molecule has 0 N–H and O–H groups in total. The van der Waals surface area contributed by atoms with Crippen LogP contribution in [0.4, 0.5) is 9.18 Å². The molecule has 1 heterocycles. The van der Waals surface area contributed by atoms with Crippen LogP contribution in [0, 0.1) is 17.7 Å². The van der Waals surface area contributed by atoms with Gasteiger partial charge in [0.05, 0.1) is 0 Å². The smallest absolute Gasteiger partial charge is 0.410 e. The average molecular weight is 390 g/mol. The second-order valence-electron chi connectivity index (χ2n) is 9.13. The summed E-state index contributed by atoms with van der Waals surface area (Å²) in [5.41, 5.74) is 0.427. The van der Waals surface area contributed by atoms with Crippen molar-refractivity contribution < 1.29 is 18.7 Å². The fourth-order valence-electron chi connectivity index (χ4n) is 3.95. The number of rotatable bonds is 4. The van der Waals surface area contributed by atoms with Gasteiger partial charge in [-0.15, -0.1) is 0 Å². The van der Waals surface area contributed by atoms with E-state index < -0.39 is 5.60 Å². The third-order valence-corrected chi connectivity index (χ3v) is 5.55. The molecule has 28 heavy (non-hydrogen) atoms. The monoisotopic (exact) mass is 390 g/mol. The van der Waals surface area contributed by atoms with Crippen molar-refractivity contribution in [2.45, 2.75) is 51.6 Å². The minimum absolute atomic E-state index is 0.0113. The summed E-state index contributed by atoms with van der Waals surface area (Å²) < 4.78 is 18.8. The van der Waals surface area contributed by atoms with E-state index in [1.165, 1.54) is 12.1 Å². The van der Waals surface area contributed by atoms with Gasteiger partial charge in [0.15, 0.2) is 0 Å². The zero-order valence-electron chi connectivity index (χ0n) is 17.3. The van der Waals surface area contributed by atoms with Crippen molar-refractivity contribution in [3.8, 4) is 0 Å². The summed E-state index contributed by atoms with van der Waals surface area (Å²) in [5, 5.41) is 0. The van der Waals surface area contributed by atoms with Gasteiger partial charge in [-0.25, -0.2) is 9.18 Å². The third kappa shape index (κ3) is 5.24. The van der Waals surface area contributed by atoms with Crippen LogP contribution in [-0.2, 0) is 9.53 Å². The zero-order valence-corrected chi connectivity index (χ0v) is 17.3. The van der Waals surface area contributed by atoms with E-state index in [4.69, 9.17) is 4.74 Å². The summed E-state index contributed by atoms with van der Waals surface area (Å²) in [7, 11) is 1.76. The SMILES string of the molecule is CN(CC1CCN(C(=O)C2CC2c2cccc(F)c2)CC1)C(=O)OC(C)(C)C. The topological polar surface area (TPSA) is 49.9 Å². The lowest BCUT2D eigenvalue weighted by Crippen LogP contribution is -2.43. The van der Waals surface area contributed by atoms with Gasteiger partial charge in [0, 0.05) is 32.6 Å². The van der Waals surface area contributed by atoms with E-state index in [2.05, 4.69) is 0 Å². The molecule has 1 aromatic rings.